The van der Waals surface area contributed by atoms with E-state index in [0.717, 1.165) is 24.3 Å². The molecule has 0 atom stereocenters. The Balaban J connectivity index is 2.76. The fourth-order valence-corrected chi connectivity index (χ4v) is 3.52. The molecule has 0 aliphatic carbocycles. The van der Waals surface area contributed by atoms with Gasteiger partial charge in [-0.15, -0.1) is 0 Å². The van der Waals surface area contributed by atoms with Gasteiger partial charge in [0.25, 0.3) is 0 Å². The van der Waals surface area contributed by atoms with E-state index in [9.17, 15) is 18.0 Å². The average Bonchev–Trinajstić information content (AvgIpc) is 2.47. The quantitative estimate of drug-likeness (QED) is 0.893. The number of carboxylic acids is 2. The van der Waals surface area contributed by atoms with E-state index < -0.39 is 42.7 Å². The summed E-state index contributed by atoms with van der Waals surface area (Å²) in [5.41, 5.74) is -0.810. The van der Waals surface area contributed by atoms with Crippen molar-refractivity contribution in [2.24, 2.45) is 0 Å². The first-order valence-electron chi connectivity index (χ1n) is 5.75. The van der Waals surface area contributed by atoms with Crippen molar-refractivity contribution in [1.29, 1.82) is 0 Å². The topological polar surface area (TPSA) is 109 Å². The SMILES string of the molecule is O=C(O)c1ccccc1S(=O)(=O)c1ccccc1C(=O)O. The molecule has 0 amide bonds. The summed E-state index contributed by atoms with van der Waals surface area (Å²) in [5.74, 6) is -2.80. The summed E-state index contributed by atoms with van der Waals surface area (Å²) in [4.78, 5) is 21.4. The lowest BCUT2D eigenvalue weighted by molar-refractivity contribution is 0.0683. The summed E-state index contributed by atoms with van der Waals surface area (Å²) in [6.45, 7) is 0. The van der Waals surface area contributed by atoms with Gasteiger partial charge in [-0.1, -0.05) is 24.3 Å². The van der Waals surface area contributed by atoms with Gasteiger partial charge >= 0.3 is 11.9 Å². The zero-order valence-electron chi connectivity index (χ0n) is 10.6. The molecule has 7 heteroatoms. The van der Waals surface area contributed by atoms with Gasteiger partial charge < -0.3 is 10.2 Å². The number of benzene rings is 2. The molecule has 0 saturated carbocycles. The predicted octanol–water partition coefficient (Wildman–Crippen LogP) is 1.92. The summed E-state index contributed by atoms with van der Waals surface area (Å²) >= 11 is 0. The molecule has 108 valence electrons. The highest BCUT2D eigenvalue weighted by Gasteiger charge is 2.27. The maximum Gasteiger partial charge on any atom is 0.337 e. The highest BCUT2D eigenvalue weighted by atomic mass is 32.2. The van der Waals surface area contributed by atoms with Crippen molar-refractivity contribution in [3.63, 3.8) is 0 Å². The molecule has 0 heterocycles. The molecular weight excluding hydrogens is 296 g/mol. The number of carboxylic acid groups (broad SMARTS) is 2. The van der Waals surface area contributed by atoms with Crippen LogP contribution in [0.5, 0.6) is 0 Å². The summed E-state index contributed by atoms with van der Waals surface area (Å²) in [5, 5.41) is 18.1. The Hall–Kier alpha value is -2.67. The molecule has 2 N–H and O–H groups in total. The van der Waals surface area contributed by atoms with Crippen LogP contribution in [0.2, 0.25) is 0 Å². The molecule has 2 aromatic carbocycles. The van der Waals surface area contributed by atoms with Gasteiger partial charge in [0.2, 0.25) is 9.84 Å². The van der Waals surface area contributed by atoms with Crippen molar-refractivity contribution in [1.82, 2.24) is 0 Å². The molecule has 2 aromatic rings. The molecule has 0 aliphatic heterocycles. The number of sulfone groups is 1. The third-order valence-electron chi connectivity index (χ3n) is 2.81. The lowest BCUT2D eigenvalue weighted by Crippen LogP contribution is -2.13. The molecule has 6 nitrogen and oxygen atoms in total. The normalized spacial score (nSPS) is 11.0. The van der Waals surface area contributed by atoms with Crippen LogP contribution in [0.4, 0.5) is 0 Å². The van der Waals surface area contributed by atoms with Gasteiger partial charge in [0.1, 0.15) is 0 Å². The van der Waals surface area contributed by atoms with Crippen molar-refractivity contribution in [2.45, 2.75) is 9.79 Å². The average molecular weight is 306 g/mol. The zero-order valence-corrected chi connectivity index (χ0v) is 11.4. The minimum atomic E-state index is -4.25. The fraction of sp³-hybridized carbons (Fsp3) is 0. The van der Waals surface area contributed by atoms with Crippen LogP contribution in [0.25, 0.3) is 0 Å². The van der Waals surface area contributed by atoms with Gasteiger partial charge in [-0.05, 0) is 24.3 Å². The van der Waals surface area contributed by atoms with Gasteiger partial charge in [-0.25, -0.2) is 18.0 Å². The van der Waals surface area contributed by atoms with Crippen molar-refractivity contribution in [3.8, 4) is 0 Å². The summed E-state index contributed by atoms with van der Waals surface area (Å²) < 4.78 is 25.1. The van der Waals surface area contributed by atoms with E-state index in [1.54, 1.807) is 0 Å². The Morgan fingerprint density at radius 2 is 1.05 bits per heavy atom. The van der Waals surface area contributed by atoms with E-state index in [2.05, 4.69) is 0 Å². The first-order valence-corrected chi connectivity index (χ1v) is 7.23. The van der Waals surface area contributed by atoms with Gasteiger partial charge in [0.05, 0.1) is 20.9 Å². The molecule has 0 saturated heterocycles. The molecule has 0 aliphatic rings. The highest BCUT2D eigenvalue weighted by molar-refractivity contribution is 7.91. The van der Waals surface area contributed by atoms with Crippen molar-refractivity contribution < 1.29 is 28.2 Å². The Kier molecular flexibility index (Phi) is 3.77. The standard InChI is InChI=1S/C14H10O6S/c15-13(16)9-5-1-3-7-11(9)21(19,20)12-8-4-2-6-10(12)14(17)18/h1-8H,(H,15,16)(H,17,18). The third kappa shape index (κ3) is 2.63. The van der Waals surface area contributed by atoms with Crippen LogP contribution in [0.3, 0.4) is 0 Å². The lowest BCUT2D eigenvalue weighted by atomic mass is 10.2. The molecular formula is C14H10O6S. The molecule has 0 radical (unpaired) electrons. The Labute approximate surface area is 120 Å². The smallest absolute Gasteiger partial charge is 0.337 e. The minimum absolute atomic E-state index is 0.405. The van der Waals surface area contributed by atoms with E-state index in [1.165, 1.54) is 24.3 Å². The first-order chi connectivity index (χ1) is 9.85. The predicted molar refractivity (Wildman–Crippen MR) is 72.3 cm³/mol. The second-order valence-corrected chi connectivity index (χ2v) is 5.99. The maximum atomic E-state index is 12.6. The number of hydrogen-bond donors (Lipinski definition) is 2. The van der Waals surface area contributed by atoms with E-state index in [0.29, 0.717) is 0 Å². The van der Waals surface area contributed by atoms with Gasteiger partial charge in [0.15, 0.2) is 0 Å². The Morgan fingerprint density at radius 1 is 0.714 bits per heavy atom. The lowest BCUT2D eigenvalue weighted by Gasteiger charge is -2.10. The van der Waals surface area contributed by atoms with Gasteiger partial charge in [0, 0.05) is 0 Å². The van der Waals surface area contributed by atoms with E-state index in [1.807, 2.05) is 0 Å². The molecule has 0 bridgehead atoms. The number of carbonyl (C=O) groups is 2. The molecule has 0 unspecified atom stereocenters. The monoisotopic (exact) mass is 306 g/mol. The largest absolute Gasteiger partial charge is 0.478 e. The number of rotatable bonds is 4. The van der Waals surface area contributed by atoms with Gasteiger partial charge in [-0.2, -0.15) is 0 Å². The summed E-state index contributed by atoms with van der Waals surface area (Å²) in [6, 6.07) is 10.1. The van der Waals surface area contributed by atoms with Crippen LogP contribution >= 0.6 is 0 Å². The van der Waals surface area contributed by atoms with E-state index >= 15 is 0 Å². The van der Waals surface area contributed by atoms with Crippen LogP contribution in [-0.4, -0.2) is 30.6 Å². The second-order valence-electron chi connectivity index (χ2n) is 4.11. The minimum Gasteiger partial charge on any atom is -0.478 e. The number of aromatic carboxylic acids is 2. The first kappa shape index (κ1) is 14.7. The molecule has 2 rings (SSSR count). The van der Waals surface area contributed by atoms with Crippen LogP contribution in [0.15, 0.2) is 58.3 Å². The van der Waals surface area contributed by atoms with E-state index in [-0.39, 0.29) is 0 Å². The van der Waals surface area contributed by atoms with Crippen LogP contribution in [-0.2, 0) is 9.84 Å². The van der Waals surface area contributed by atoms with Crippen LogP contribution < -0.4 is 0 Å². The third-order valence-corrected chi connectivity index (χ3v) is 4.68. The summed E-state index contributed by atoms with van der Waals surface area (Å²) in [6.07, 6.45) is 0. The molecule has 0 aromatic heterocycles. The zero-order chi connectivity index (χ0) is 15.6. The molecule has 0 spiro atoms. The second kappa shape index (κ2) is 5.37. The van der Waals surface area contributed by atoms with E-state index in [4.69, 9.17) is 10.2 Å². The van der Waals surface area contributed by atoms with Crippen LogP contribution in [0.1, 0.15) is 20.7 Å². The van der Waals surface area contributed by atoms with Gasteiger partial charge in [-0.3, -0.25) is 0 Å². The maximum absolute atomic E-state index is 12.6. The van der Waals surface area contributed by atoms with Crippen molar-refractivity contribution >= 4 is 21.8 Å². The van der Waals surface area contributed by atoms with Crippen molar-refractivity contribution in [3.05, 3.63) is 59.7 Å². The number of hydrogen-bond acceptors (Lipinski definition) is 4. The molecule has 0 fully saturated rings. The molecule has 21 heavy (non-hydrogen) atoms. The van der Waals surface area contributed by atoms with Crippen molar-refractivity contribution in [2.75, 3.05) is 0 Å². The Bertz CT molecular complexity index is 759. The highest BCUT2D eigenvalue weighted by Crippen LogP contribution is 2.26. The van der Waals surface area contributed by atoms with Crippen LogP contribution in [0, 0.1) is 0 Å². The Morgan fingerprint density at radius 3 is 1.38 bits per heavy atom. The fourth-order valence-electron chi connectivity index (χ4n) is 1.87. The summed E-state index contributed by atoms with van der Waals surface area (Å²) in [7, 11) is -4.25.